The van der Waals surface area contributed by atoms with Gasteiger partial charge in [-0.15, -0.1) is 0 Å². The number of hydrogen-bond acceptors (Lipinski definition) is 4. The first kappa shape index (κ1) is 17.1. The van der Waals surface area contributed by atoms with Crippen molar-refractivity contribution in [1.82, 2.24) is 14.9 Å². The highest BCUT2D eigenvalue weighted by molar-refractivity contribution is 5.32. The van der Waals surface area contributed by atoms with E-state index in [1.54, 1.807) is 12.1 Å². The zero-order valence-electron chi connectivity index (χ0n) is 14.5. The van der Waals surface area contributed by atoms with Gasteiger partial charge in [0.15, 0.2) is 11.6 Å². The highest BCUT2D eigenvalue weighted by Crippen LogP contribution is 2.28. The molecule has 1 atom stereocenters. The molecule has 2 aromatic rings. The molecule has 3 heterocycles. The maximum atomic E-state index is 13.9. The smallest absolute Gasteiger partial charge is 0.252 e. The number of nitrogens with one attached hydrogen (secondary N) is 1. The van der Waals surface area contributed by atoms with E-state index in [1.807, 2.05) is 0 Å². The second-order valence-corrected chi connectivity index (χ2v) is 7.12. The third kappa shape index (κ3) is 3.49. The van der Waals surface area contributed by atoms with Crippen LogP contribution >= 0.6 is 0 Å². The normalized spacial score (nSPS) is 20.8. The summed E-state index contributed by atoms with van der Waals surface area (Å²) in [6.07, 6.45) is 3.08. The summed E-state index contributed by atoms with van der Waals surface area (Å²) in [5.74, 6) is -0.804. The number of halogens is 2. The zero-order valence-corrected chi connectivity index (χ0v) is 14.5. The van der Waals surface area contributed by atoms with Gasteiger partial charge in [0.25, 0.3) is 5.56 Å². The maximum Gasteiger partial charge on any atom is 0.252 e. The van der Waals surface area contributed by atoms with Gasteiger partial charge in [0.05, 0.1) is 5.69 Å². The molecule has 0 aliphatic carbocycles. The molecule has 138 valence electrons. The molecule has 4 rings (SSSR count). The Labute approximate surface area is 150 Å². The SMILES string of the molecule is O=c1cc([C@H]2CCN(Cc3cccc(F)c3F)C2)nc(N2CCCC2)[nH]1. The van der Waals surface area contributed by atoms with Crippen molar-refractivity contribution >= 4 is 5.95 Å². The van der Waals surface area contributed by atoms with E-state index >= 15 is 0 Å². The Balaban J connectivity index is 1.48. The number of aromatic amines is 1. The van der Waals surface area contributed by atoms with E-state index in [9.17, 15) is 13.6 Å². The van der Waals surface area contributed by atoms with E-state index < -0.39 is 11.6 Å². The van der Waals surface area contributed by atoms with Crippen LogP contribution in [-0.2, 0) is 6.54 Å². The van der Waals surface area contributed by atoms with Gasteiger partial charge in [-0.1, -0.05) is 12.1 Å². The van der Waals surface area contributed by atoms with Crippen LogP contribution in [0.4, 0.5) is 14.7 Å². The predicted molar refractivity (Wildman–Crippen MR) is 95.3 cm³/mol. The van der Waals surface area contributed by atoms with E-state index in [-0.39, 0.29) is 11.5 Å². The van der Waals surface area contributed by atoms with Gasteiger partial charge in [-0.3, -0.25) is 14.7 Å². The summed E-state index contributed by atoms with van der Waals surface area (Å²) in [7, 11) is 0. The van der Waals surface area contributed by atoms with Crippen molar-refractivity contribution in [2.24, 2.45) is 0 Å². The number of hydrogen-bond donors (Lipinski definition) is 1. The molecule has 0 unspecified atom stereocenters. The molecule has 1 aromatic heterocycles. The van der Waals surface area contributed by atoms with Crippen molar-refractivity contribution < 1.29 is 8.78 Å². The van der Waals surface area contributed by atoms with Crippen LogP contribution in [0.5, 0.6) is 0 Å². The third-order valence-corrected chi connectivity index (χ3v) is 5.27. The summed E-state index contributed by atoms with van der Waals surface area (Å²) >= 11 is 0. The Morgan fingerprint density at radius 1 is 1.19 bits per heavy atom. The van der Waals surface area contributed by atoms with Crippen LogP contribution in [-0.4, -0.2) is 41.0 Å². The number of nitrogens with zero attached hydrogens (tertiary/aromatic N) is 3. The number of aromatic nitrogens is 2. The number of likely N-dealkylation sites (tertiary alicyclic amines) is 1. The lowest BCUT2D eigenvalue weighted by Crippen LogP contribution is -2.25. The molecule has 0 radical (unpaired) electrons. The van der Waals surface area contributed by atoms with Gasteiger partial charge in [0, 0.05) is 43.7 Å². The van der Waals surface area contributed by atoms with Crippen molar-refractivity contribution in [3.8, 4) is 0 Å². The number of rotatable bonds is 4. The Kier molecular flexibility index (Phi) is 4.72. The van der Waals surface area contributed by atoms with Crippen LogP contribution in [0, 0.1) is 11.6 Å². The Morgan fingerprint density at radius 2 is 2.00 bits per heavy atom. The fourth-order valence-corrected chi connectivity index (χ4v) is 3.88. The topological polar surface area (TPSA) is 52.2 Å². The minimum absolute atomic E-state index is 0.133. The van der Waals surface area contributed by atoms with Crippen LogP contribution in [0.25, 0.3) is 0 Å². The van der Waals surface area contributed by atoms with E-state index in [0.29, 0.717) is 24.6 Å². The lowest BCUT2D eigenvalue weighted by molar-refractivity contribution is 0.318. The van der Waals surface area contributed by atoms with Crippen LogP contribution < -0.4 is 10.5 Å². The summed E-state index contributed by atoms with van der Waals surface area (Å²) < 4.78 is 27.3. The van der Waals surface area contributed by atoms with Crippen LogP contribution in [0.3, 0.4) is 0 Å². The molecule has 2 aliphatic heterocycles. The number of anilines is 1. The molecule has 26 heavy (non-hydrogen) atoms. The molecule has 7 heteroatoms. The second kappa shape index (κ2) is 7.15. The van der Waals surface area contributed by atoms with Gasteiger partial charge in [-0.05, 0) is 31.9 Å². The molecule has 1 N–H and O–H groups in total. The Bertz CT molecular complexity index is 848. The lowest BCUT2D eigenvalue weighted by Gasteiger charge is -2.19. The molecule has 2 aliphatic rings. The van der Waals surface area contributed by atoms with Gasteiger partial charge < -0.3 is 4.90 Å². The second-order valence-electron chi connectivity index (χ2n) is 7.12. The molecule has 2 saturated heterocycles. The van der Waals surface area contributed by atoms with Gasteiger partial charge in [0.1, 0.15) is 0 Å². The summed E-state index contributed by atoms with van der Waals surface area (Å²) in [4.78, 5) is 23.8. The molecule has 0 spiro atoms. The van der Waals surface area contributed by atoms with Gasteiger partial charge in [0.2, 0.25) is 5.95 Å². The fraction of sp³-hybridized carbons (Fsp3) is 0.474. The van der Waals surface area contributed by atoms with Crippen molar-refractivity contribution in [3.63, 3.8) is 0 Å². The molecule has 2 fully saturated rings. The summed E-state index contributed by atoms with van der Waals surface area (Å²) in [5.41, 5.74) is 1.02. The zero-order chi connectivity index (χ0) is 18.1. The molecule has 0 bridgehead atoms. The van der Waals surface area contributed by atoms with Crippen molar-refractivity contribution in [2.45, 2.75) is 31.7 Å². The Hall–Kier alpha value is -2.28. The van der Waals surface area contributed by atoms with Crippen molar-refractivity contribution in [2.75, 3.05) is 31.1 Å². The van der Waals surface area contributed by atoms with Crippen molar-refractivity contribution in [3.05, 3.63) is 57.5 Å². The quantitative estimate of drug-likeness (QED) is 0.911. The van der Waals surface area contributed by atoms with Gasteiger partial charge in [-0.25, -0.2) is 13.8 Å². The standard InChI is InChI=1S/C19H22F2N4O/c20-15-5-3-4-14(18(15)21)12-24-9-6-13(11-24)16-10-17(26)23-19(22-16)25-7-1-2-8-25/h3-5,10,13H,1-2,6-9,11-12H2,(H,22,23,26)/t13-/m0/s1. The first-order valence-corrected chi connectivity index (χ1v) is 9.11. The number of benzene rings is 1. The van der Waals surface area contributed by atoms with Gasteiger partial charge in [-0.2, -0.15) is 0 Å². The minimum atomic E-state index is -0.815. The molecular weight excluding hydrogens is 338 g/mol. The van der Waals surface area contributed by atoms with E-state index in [1.165, 1.54) is 6.07 Å². The molecular formula is C19H22F2N4O. The van der Waals surface area contributed by atoms with Crippen molar-refractivity contribution in [1.29, 1.82) is 0 Å². The van der Waals surface area contributed by atoms with Crippen LogP contribution in [0.1, 0.15) is 36.4 Å². The van der Waals surface area contributed by atoms with Crippen LogP contribution in [0.2, 0.25) is 0 Å². The third-order valence-electron chi connectivity index (χ3n) is 5.27. The molecule has 1 aromatic carbocycles. The van der Waals surface area contributed by atoms with E-state index in [0.717, 1.165) is 50.7 Å². The largest absolute Gasteiger partial charge is 0.342 e. The highest BCUT2D eigenvalue weighted by Gasteiger charge is 2.27. The van der Waals surface area contributed by atoms with Crippen LogP contribution in [0.15, 0.2) is 29.1 Å². The first-order chi connectivity index (χ1) is 12.6. The summed E-state index contributed by atoms with van der Waals surface area (Å²) in [6.45, 7) is 3.66. The maximum absolute atomic E-state index is 13.9. The average molecular weight is 360 g/mol. The molecule has 0 amide bonds. The summed E-state index contributed by atoms with van der Waals surface area (Å²) in [5, 5.41) is 0. The summed E-state index contributed by atoms with van der Waals surface area (Å²) in [6, 6.07) is 5.84. The average Bonchev–Trinajstić information content (AvgIpc) is 3.30. The fourth-order valence-electron chi connectivity index (χ4n) is 3.88. The lowest BCUT2D eigenvalue weighted by atomic mass is 10.0. The number of H-pyrrole nitrogens is 1. The van der Waals surface area contributed by atoms with E-state index in [2.05, 4.69) is 19.8 Å². The first-order valence-electron chi connectivity index (χ1n) is 9.11. The minimum Gasteiger partial charge on any atom is -0.342 e. The molecule has 5 nitrogen and oxygen atoms in total. The van der Waals surface area contributed by atoms with E-state index in [4.69, 9.17) is 0 Å². The van der Waals surface area contributed by atoms with Gasteiger partial charge >= 0.3 is 0 Å². The predicted octanol–water partition coefficient (Wildman–Crippen LogP) is 2.64. The highest BCUT2D eigenvalue weighted by atomic mass is 19.2. The monoisotopic (exact) mass is 360 g/mol. The Morgan fingerprint density at radius 3 is 2.81 bits per heavy atom. The molecule has 0 saturated carbocycles.